The maximum atomic E-state index is 12.5. The smallest absolute Gasteiger partial charge is 0.313 e. The molecule has 0 saturated carbocycles. The van der Waals surface area contributed by atoms with Gasteiger partial charge in [-0.25, -0.2) is 12.7 Å². The molecule has 9 heteroatoms. The van der Waals surface area contributed by atoms with Gasteiger partial charge >= 0.3 is 5.97 Å². The van der Waals surface area contributed by atoms with Gasteiger partial charge in [0, 0.05) is 37.1 Å². The predicted octanol–water partition coefficient (Wildman–Crippen LogP) is 0.687. The van der Waals surface area contributed by atoms with Crippen molar-refractivity contribution >= 4 is 33.5 Å². The first kappa shape index (κ1) is 18.2. The highest BCUT2D eigenvalue weighted by atomic mass is 35.5. The summed E-state index contributed by atoms with van der Waals surface area (Å²) in [5, 5.41) is 10.3. The summed E-state index contributed by atoms with van der Waals surface area (Å²) in [6.45, 7) is 0.336. The second-order valence-electron chi connectivity index (χ2n) is 6.79. The Morgan fingerprint density at radius 1 is 1.24 bits per heavy atom. The highest BCUT2D eigenvalue weighted by Gasteiger charge is 2.59. The number of carbonyl (C=O) groups excluding carboxylic acids is 1. The number of carboxylic acid groups (broad SMARTS) is 1. The van der Waals surface area contributed by atoms with E-state index in [0.29, 0.717) is 5.02 Å². The maximum Gasteiger partial charge on any atom is 0.313 e. The van der Waals surface area contributed by atoms with Crippen LogP contribution in [0.5, 0.6) is 0 Å². The Hall–Kier alpha value is -1.64. The Labute approximate surface area is 151 Å². The van der Waals surface area contributed by atoms with Crippen molar-refractivity contribution in [3.8, 4) is 0 Å². The summed E-state index contributed by atoms with van der Waals surface area (Å²) in [4.78, 5) is 25.9. The van der Waals surface area contributed by atoms with E-state index in [2.05, 4.69) is 0 Å². The van der Waals surface area contributed by atoms with Gasteiger partial charge in [0.25, 0.3) is 0 Å². The first-order valence-electron chi connectivity index (χ1n) is 7.82. The van der Waals surface area contributed by atoms with Gasteiger partial charge in [0.2, 0.25) is 15.9 Å². The molecule has 1 N–H and O–H groups in total. The minimum Gasteiger partial charge on any atom is -0.481 e. The zero-order valence-corrected chi connectivity index (χ0v) is 15.3. The van der Waals surface area contributed by atoms with Crippen LogP contribution in [0.1, 0.15) is 5.56 Å². The van der Waals surface area contributed by atoms with Crippen molar-refractivity contribution in [2.75, 3.05) is 32.4 Å². The summed E-state index contributed by atoms with van der Waals surface area (Å²) >= 11 is 5.83. The summed E-state index contributed by atoms with van der Waals surface area (Å²) in [7, 11) is -3.45. The predicted molar refractivity (Wildman–Crippen MR) is 91.7 cm³/mol. The number of benzene rings is 1. The highest BCUT2D eigenvalue weighted by molar-refractivity contribution is 7.88. The molecule has 3 rings (SSSR count). The van der Waals surface area contributed by atoms with Crippen molar-refractivity contribution in [1.29, 1.82) is 0 Å². The lowest BCUT2D eigenvalue weighted by atomic mass is 9.81. The number of halogens is 1. The third-order valence-electron chi connectivity index (χ3n) is 5.09. The van der Waals surface area contributed by atoms with E-state index >= 15 is 0 Å². The first-order valence-corrected chi connectivity index (χ1v) is 10.1. The van der Waals surface area contributed by atoms with Gasteiger partial charge in [-0.1, -0.05) is 23.7 Å². The van der Waals surface area contributed by atoms with Gasteiger partial charge in [-0.15, -0.1) is 0 Å². The van der Waals surface area contributed by atoms with Gasteiger partial charge in [-0.2, -0.15) is 0 Å². The lowest BCUT2D eigenvalue weighted by Gasteiger charge is -2.24. The molecule has 136 valence electrons. The van der Waals surface area contributed by atoms with E-state index in [1.807, 2.05) is 0 Å². The van der Waals surface area contributed by atoms with Crippen LogP contribution in [0.3, 0.4) is 0 Å². The number of hydrogen-bond acceptors (Lipinski definition) is 4. The molecule has 0 aliphatic carbocycles. The zero-order valence-electron chi connectivity index (χ0n) is 13.7. The molecule has 2 saturated heterocycles. The zero-order chi connectivity index (χ0) is 18.4. The molecular formula is C16H19ClN2O5S. The minimum atomic E-state index is -3.45. The normalized spacial score (nSPS) is 26.6. The van der Waals surface area contributed by atoms with Crippen LogP contribution in [0.15, 0.2) is 24.3 Å². The third kappa shape index (κ3) is 3.38. The number of rotatable bonds is 4. The molecule has 0 bridgehead atoms. The molecule has 2 atom stereocenters. The van der Waals surface area contributed by atoms with Crippen LogP contribution >= 0.6 is 11.6 Å². The van der Waals surface area contributed by atoms with Crippen molar-refractivity contribution in [2.45, 2.75) is 6.42 Å². The SMILES string of the molecule is CS(=O)(=O)N1C[C@H]2CN(C(=O)Cc3ccc(Cl)cc3)C[C@@]2(C(=O)O)C1. The van der Waals surface area contributed by atoms with Crippen LogP contribution in [0.4, 0.5) is 0 Å². The number of aliphatic carboxylic acids is 1. The largest absolute Gasteiger partial charge is 0.481 e. The van der Waals surface area contributed by atoms with Crippen molar-refractivity contribution < 1.29 is 23.1 Å². The highest BCUT2D eigenvalue weighted by Crippen LogP contribution is 2.43. The summed E-state index contributed by atoms with van der Waals surface area (Å²) < 4.78 is 24.7. The topological polar surface area (TPSA) is 95.0 Å². The van der Waals surface area contributed by atoms with Crippen LogP contribution in [-0.2, 0) is 26.0 Å². The monoisotopic (exact) mass is 386 g/mol. The molecule has 0 unspecified atom stereocenters. The number of likely N-dealkylation sites (tertiary alicyclic amines) is 1. The molecule has 1 amide bonds. The first-order chi connectivity index (χ1) is 11.6. The van der Waals surface area contributed by atoms with Crippen LogP contribution in [0, 0.1) is 11.3 Å². The summed E-state index contributed by atoms with van der Waals surface area (Å²) in [6.07, 6.45) is 1.24. The standard InChI is InChI=1S/C16H19ClN2O5S/c1-25(23,24)19-8-12-7-18(9-16(12,10-19)15(21)22)14(20)6-11-2-4-13(17)5-3-11/h2-5,12H,6-10H2,1H3,(H,21,22)/t12-,16-/m1/s1. The number of amides is 1. The van der Waals surface area contributed by atoms with E-state index in [0.717, 1.165) is 11.8 Å². The van der Waals surface area contributed by atoms with Crippen molar-refractivity contribution in [3.63, 3.8) is 0 Å². The fraction of sp³-hybridized carbons (Fsp3) is 0.500. The summed E-state index contributed by atoms with van der Waals surface area (Å²) in [6, 6.07) is 6.92. The Morgan fingerprint density at radius 2 is 1.88 bits per heavy atom. The molecule has 0 aromatic heterocycles. The number of carbonyl (C=O) groups is 2. The van der Waals surface area contributed by atoms with Crippen molar-refractivity contribution in [2.24, 2.45) is 11.3 Å². The van der Waals surface area contributed by atoms with Crippen LogP contribution in [-0.4, -0.2) is 67.0 Å². The molecule has 2 fully saturated rings. The average Bonchev–Trinajstić information content (AvgIpc) is 3.04. The third-order valence-corrected chi connectivity index (χ3v) is 6.56. The molecule has 0 spiro atoms. The summed E-state index contributed by atoms with van der Waals surface area (Å²) in [5.74, 6) is -1.61. The van der Waals surface area contributed by atoms with E-state index in [1.165, 1.54) is 9.21 Å². The molecule has 1 aromatic rings. The molecular weight excluding hydrogens is 368 g/mol. The Kier molecular flexibility index (Phi) is 4.55. The fourth-order valence-electron chi connectivity index (χ4n) is 3.65. The van der Waals surface area contributed by atoms with Gasteiger partial charge in [0.15, 0.2) is 0 Å². The number of sulfonamides is 1. The number of carboxylic acids is 1. The quantitative estimate of drug-likeness (QED) is 0.821. The molecule has 7 nitrogen and oxygen atoms in total. The fourth-order valence-corrected chi connectivity index (χ4v) is 4.69. The van der Waals surface area contributed by atoms with E-state index in [1.54, 1.807) is 24.3 Å². The summed E-state index contributed by atoms with van der Waals surface area (Å²) in [5.41, 5.74) is -0.424. The molecule has 2 heterocycles. The second kappa shape index (κ2) is 6.26. The maximum absolute atomic E-state index is 12.5. The lowest BCUT2D eigenvalue weighted by molar-refractivity contribution is -0.148. The van der Waals surface area contributed by atoms with Crippen LogP contribution in [0.2, 0.25) is 5.02 Å². The van der Waals surface area contributed by atoms with E-state index in [4.69, 9.17) is 11.6 Å². The van der Waals surface area contributed by atoms with Gasteiger partial charge < -0.3 is 10.0 Å². The molecule has 0 radical (unpaired) electrons. The number of nitrogens with zero attached hydrogens (tertiary/aromatic N) is 2. The number of hydrogen-bond donors (Lipinski definition) is 1. The van der Waals surface area contributed by atoms with Gasteiger partial charge in [-0.05, 0) is 17.7 Å². The molecule has 1 aromatic carbocycles. The van der Waals surface area contributed by atoms with E-state index in [9.17, 15) is 23.1 Å². The Morgan fingerprint density at radius 3 is 2.40 bits per heavy atom. The van der Waals surface area contributed by atoms with Crippen LogP contribution < -0.4 is 0 Å². The van der Waals surface area contributed by atoms with E-state index < -0.39 is 27.3 Å². The van der Waals surface area contributed by atoms with Gasteiger partial charge in [-0.3, -0.25) is 9.59 Å². The molecule has 25 heavy (non-hydrogen) atoms. The van der Waals surface area contributed by atoms with Crippen LogP contribution in [0.25, 0.3) is 0 Å². The van der Waals surface area contributed by atoms with Gasteiger partial charge in [0.1, 0.15) is 5.41 Å². The van der Waals surface area contributed by atoms with E-state index in [-0.39, 0.29) is 38.5 Å². The average molecular weight is 387 g/mol. The van der Waals surface area contributed by atoms with Gasteiger partial charge in [0.05, 0.1) is 12.7 Å². The lowest BCUT2D eigenvalue weighted by Crippen LogP contribution is -2.43. The minimum absolute atomic E-state index is 0.0332. The second-order valence-corrected chi connectivity index (χ2v) is 9.21. The number of fused-ring (bicyclic) bond motifs is 1. The Balaban J connectivity index is 1.74. The Bertz CT molecular complexity index is 810. The van der Waals surface area contributed by atoms with Crippen molar-refractivity contribution in [1.82, 2.24) is 9.21 Å². The molecule has 2 aliphatic heterocycles. The van der Waals surface area contributed by atoms with Crippen molar-refractivity contribution in [3.05, 3.63) is 34.9 Å². The molecule has 2 aliphatic rings.